The van der Waals surface area contributed by atoms with E-state index in [2.05, 4.69) is 47.5 Å². The number of piperidine rings is 1. The van der Waals surface area contributed by atoms with Crippen molar-refractivity contribution in [3.05, 3.63) is 11.8 Å². The number of hydrogen-bond acceptors (Lipinski definition) is 10. The van der Waals surface area contributed by atoms with Gasteiger partial charge in [0, 0.05) is 19.5 Å². The number of carbonyl (C=O) groups excluding carboxylic acids is 2. The van der Waals surface area contributed by atoms with Crippen molar-refractivity contribution in [2.75, 3.05) is 39.3 Å². The second kappa shape index (κ2) is 17.4. The van der Waals surface area contributed by atoms with Crippen LogP contribution < -0.4 is 5.32 Å². The number of quaternary nitrogens is 1. The minimum atomic E-state index is -5.08. The molecule has 1 saturated carbocycles. The van der Waals surface area contributed by atoms with Crippen LogP contribution in [-0.4, -0.2) is 101 Å². The highest BCUT2D eigenvalue weighted by molar-refractivity contribution is 7.80. The minimum absolute atomic E-state index is 0.205. The van der Waals surface area contributed by atoms with Crippen LogP contribution in [0.5, 0.6) is 0 Å². The van der Waals surface area contributed by atoms with Crippen LogP contribution in [0.3, 0.4) is 0 Å². The van der Waals surface area contributed by atoms with Crippen molar-refractivity contribution in [2.24, 2.45) is 5.41 Å². The van der Waals surface area contributed by atoms with E-state index in [4.69, 9.17) is 9.15 Å². The third-order valence-electron chi connectivity index (χ3n) is 9.55. The van der Waals surface area contributed by atoms with Gasteiger partial charge in [0.15, 0.2) is 0 Å². The fourth-order valence-electron chi connectivity index (χ4n) is 6.77. The molecule has 2 bridgehead atoms. The summed E-state index contributed by atoms with van der Waals surface area (Å²) in [4.78, 5) is 25.8. The first-order valence-electron chi connectivity index (χ1n) is 18.0. The van der Waals surface area contributed by atoms with Gasteiger partial charge in [0.1, 0.15) is 11.6 Å². The molecule has 3 fully saturated rings. The molecule has 15 heteroatoms. The van der Waals surface area contributed by atoms with Gasteiger partial charge in [0.25, 0.3) is 0 Å². The van der Waals surface area contributed by atoms with Gasteiger partial charge in [-0.3, -0.25) is 0 Å². The van der Waals surface area contributed by atoms with Crippen LogP contribution in [0.4, 0.5) is 9.59 Å². The number of amides is 3. The fraction of sp³-hybridized carbons (Fsp3) is 0.879. The number of nitrogens with zero attached hydrogens (tertiary/aromatic N) is 5. The molecule has 0 unspecified atom stereocenters. The summed E-state index contributed by atoms with van der Waals surface area (Å²) in [7, 11) is -5.08. The Morgan fingerprint density at radius 1 is 1.00 bits per heavy atom. The summed E-state index contributed by atoms with van der Waals surface area (Å²) in [5, 5.41) is 11.3. The lowest BCUT2D eigenvalue weighted by Crippen LogP contribution is -2.50. The maximum absolute atomic E-state index is 12.7. The topological polar surface area (TPSA) is 167 Å². The van der Waals surface area contributed by atoms with Crippen LogP contribution in [0, 0.1) is 5.41 Å². The highest BCUT2D eigenvalue weighted by Gasteiger charge is 2.64. The van der Waals surface area contributed by atoms with Gasteiger partial charge in [-0.1, -0.05) is 53.4 Å². The number of urea groups is 1. The molecule has 2 atom stereocenters. The molecule has 14 nitrogen and oxygen atoms in total. The zero-order chi connectivity index (χ0) is 35.6. The maximum Gasteiger partial charge on any atom is 0.407 e. The van der Waals surface area contributed by atoms with Gasteiger partial charge in [-0.05, 0) is 71.1 Å². The Kier molecular flexibility index (Phi) is 14.5. The predicted octanol–water partition coefficient (Wildman–Crippen LogP) is 5.86. The van der Waals surface area contributed by atoms with E-state index in [1.54, 1.807) is 20.8 Å². The number of alkyl carbamates (subject to hydrolysis) is 1. The normalized spacial score (nSPS) is 20.1. The second-order valence-electron chi connectivity index (χ2n) is 14.7. The van der Waals surface area contributed by atoms with Crippen LogP contribution in [0.2, 0.25) is 0 Å². The predicted molar refractivity (Wildman–Crippen MR) is 179 cm³/mol. The summed E-state index contributed by atoms with van der Waals surface area (Å²) in [5.74, 6) is 0.497. The number of unbranched alkanes of at least 4 members (excludes halogenated alkanes) is 4. The largest absolute Gasteiger partial charge is 0.724 e. The van der Waals surface area contributed by atoms with Gasteiger partial charge in [0.05, 0.1) is 32.2 Å². The molecule has 3 heterocycles. The van der Waals surface area contributed by atoms with Gasteiger partial charge < -0.3 is 28.4 Å². The SMILES string of the molecule is CC(C)(C)OC(=O)NCCc1nnc([C@@H]2CC3(CC3)[C@@H]3CN2C(=O)N3OS(=O)(=O)[O-])o1.CCCC[N+](CCCC)(CCCC)CCCC. The van der Waals surface area contributed by atoms with Gasteiger partial charge in [-0.15, -0.1) is 10.2 Å². The van der Waals surface area contributed by atoms with E-state index in [0.717, 1.165) is 12.8 Å². The minimum Gasteiger partial charge on any atom is -0.724 e. The van der Waals surface area contributed by atoms with E-state index in [1.165, 1.54) is 86.9 Å². The summed E-state index contributed by atoms with van der Waals surface area (Å²) in [6.45, 7) is 20.7. The summed E-state index contributed by atoms with van der Waals surface area (Å²) in [5.41, 5.74) is -0.949. The number of hydroxylamine groups is 2. The summed E-state index contributed by atoms with van der Waals surface area (Å²) in [6.07, 6.45) is 12.8. The summed E-state index contributed by atoms with van der Waals surface area (Å²) < 4.78 is 49.9. The first kappa shape index (κ1) is 39.9. The molecule has 3 amide bonds. The van der Waals surface area contributed by atoms with Crippen molar-refractivity contribution in [3.8, 4) is 0 Å². The average molecular weight is 701 g/mol. The second-order valence-corrected chi connectivity index (χ2v) is 15.7. The number of carbonyl (C=O) groups is 2. The van der Waals surface area contributed by atoms with Gasteiger partial charge in [0.2, 0.25) is 22.2 Å². The zero-order valence-corrected chi connectivity index (χ0v) is 31.1. The Labute approximate surface area is 287 Å². The van der Waals surface area contributed by atoms with Crippen LogP contribution >= 0.6 is 0 Å². The van der Waals surface area contributed by atoms with E-state index in [1.807, 2.05) is 0 Å². The summed E-state index contributed by atoms with van der Waals surface area (Å²) >= 11 is 0. The van der Waals surface area contributed by atoms with E-state index in [0.29, 0.717) is 11.5 Å². The average Bonchev–Trinajstić information content (AvgIpc) is 3.51. The molecule has 4 rings (SSSR count). The van der Waals surface area contributed by atoms with Crippen molar-refractivity contribution in [1.82, 2.24) is 25.5 Å². The van der Waals surface area contributed by atoms with Crippen molar-refractivity contribution < 1.29 is 40.5 Å². The Hall–Kier alpha value is -2.49. The van der Waals surface area contributed by atoms with E-state index < -0.39 is 40.2 Å². The maximum atomic E-state index is 12.7. The van der Waals surface area contributed by atoms with E-state index in [-0.39, 0.29) is 36.7 Å². The van der Waals surface area contributed by atoms with Crippen molar-refractivity contribution >= 4 is 22.5 Å². The number of hydrogen-bond donors (Lipinski definition) is 1. The number of fused-ring (bicyclic) bond motifs is 3. The molecule has 48 heavy (non-hydrogen) atoms. The van der Waals surface area contributed by atoms with Gasteiger partial charge >= 0.3 is 12.1 Å². The molecule has 0 radical (unpaired) electrons. The smallest absolute Gasteiger partial charge is 0.407 e. The highest BCUT2D eigenvalue weighted by atomic mass is 32.3. The third kappa shape index (κ3) is 11.5. The fourth-order valence-corrected chi connectivity index (χ4v) is 7.13. The molecular formula is C33H60N6O8S. The molecule has 1 aromatic heterocycles. The van der Waals surface area contributed by atoms with Crippen LogP contribution in [0.25, 0.3) is 0 Å². The quantitative estimate of drug-likeness (QED) is 0.111. The number of ether oxygens (including phenoxy) is 1. The highest BCUT2D eigenvalue weighted by Crippen LogP contribution is 2.61. The Balaban J connectivity index is 0.000000315. The molecule has 1 aromatic rings. The van der Waals surface area contributed by atoms with Crippen molar-refractivity contribution in [2.45, 2.75) is 143 Å². The van der Waals surface area contributed by atoms with Gasteiger partial charge in [-0.2, -0.15) is 9.35 Å². The molecule has 2 aliphatic heterocycles. The zero-order valence-electron chi connectivity index (χ0n) is 30.3. The van der Waals surface area contributed by atoms with Crippen LogP contribution in [0.15, 0.2) is 4.42 Å². The Morgan fingerprint density at radius 2 is 1.54 bits per heavy atom. The monoisotopic (exact) mass is 700 g/mol. The van der Waals surface area contributed by atoms with Crippen molar-refractivity contribution in [3.63, 3.8) is 0 Å². The Morgan fingerprint density at radius 3 is 2.00 bits per heavy atom. The third-order valence-corrected chi connectivity index (χ3v) is 9.90. The number of aromatic nitrogens is 2. The van der Waals surface area contributed by atoms with E-state index in [9.17, 15) is 22.6 Å². The standard InChI is InChI=1S/C17H25N5O8S.C16H36N/c1-16(2,3)29-14(23)18-7-4-12-19-20-13(28-12)10-8-17(5-6-17)11-9-21(10)15(24)22(11)30-31(25,26)27;1-5-9-13-17(14-10-6-2,15-11-7-3)16-12-8-4/h10-11H,4-9H2,1-3H3,(H,18,23)(H,25,26,27);5-16H2,1-4H3/q;+1/p-1/t10-,11-;/m0./s1. The molecule has 1 aliphatic carbocycles. The summed E-state index contributed by atoms with van der Waals surface area (Å²) in [6, 6.07) is -1.78. The molecule has 1 N–H and O–H groups in total. The number of rotatable bonds is 18. The molecule has 2 saturated heterocycles. The van der Waals surface area contributed by atoms with Gasteiger partial charge in [-0.25, -0.2) is 18.0 Å². The lowest BCUT2D eigenvalue weighted by atomic mass is 9.85. The molecule has 276 valence electrons. The lowest BCUT2D eigenvalue weighted by molar-refractivity contribution is -0.929. The first-order valence-corrected chi connectivity index (χ1v) is 19.3. The number of nitrogens with one attached hydrogen (secondary N) is 1. The Bertz CT molecular complexity index is 1240. The van der Waals surface area contributed by atoms with Crippen LogP contribution in [0.1, 0.15) is 137 Å². The molecule has 0 aromatic carbocycles. The molecule has 3 aliphatic rings. The van der Waals surface area contributed by atoms with E-state index >= 15 is 0 Å². The van der Waals surface area contributed by atoms with Crippen LogP contribution in [-0.2, 0) is 25.8 Å². The molecule has 1 spiro atoms. The molecular weight excluding hydrogens is 640 g/mol. The lowest BCUT2D eigenvalue weighted by Gasteiger charge is -2.39. The van der Waals surface area contributed by atoms with Crippen molar-refractivity contribution in [1.29, 1.82) is 0 Å². The first-order chi connectivity index (χ1) is 22.6.